The number of rotatable bonds is 7. The Hall–Kier alpha value is -2.28. The molecule has 7 heteroatoms. The van der Waals surface area contributed by atoms with Crippen molar-refractivity contribution in [2.45, 2.75) is 25.9 Å². The lowest BCUT2D eigenvalue weighted by atomic mass is 10.1. The van der Waals surface area contributed by atoms with Gasteiger partial charge in [-0.25, -0.2) is 4.39 Å². The highest BCUT2D eigenvalue weighted by molar-refractivity contribution is 9.10. The predicted octanol–water partition coefficient (Wildman–Crippen LogP) is 4.30. The number of halogens is 2. The number of aryl methyl sites for hydroxylation is 1. The van der Waals surface area contributed by atoms with Gasteiger partial charge in [-0.05, 0) is 43.2 Å². The summed E-state index contributed by atoms with van der Waals surface area (Å²) in [5, 5.41) is 0. The van der Waals surface area contributed by atoms with Gasteiger partial charge in [-0.3, -0.25) is 4.79 Å². The Balaban J connectivity index is 1.53. The fourth-order valence-corrected chi connectivity index (χ4v) is 2.99. The fourth-order valence-electron chi connectivity index (χ4n) is 2.65. The molecule has 3 rings (SSSR count). The first-order valence-electron chi connectivity index (χ1n) is 8.71. The molecule has 0 saturated heterocycles. The van der Waals surface area contributed by atoms with Crippen LogP contribution in [0.3, 0.4) is 0 Å². The first-order chi connectivity index (χ1) is 13.0. The van der Waals surface area contributed by atoms with E-state index in [2.05, 4.69) is 15.9 Å². The van der Waals surface area contributed by atoms with Crippen LogP contribution in [0.25, 0.3) is 0 Å². The van der Waals surface area contributed by atoms with Gasteiger partial charge in [-0.15, -0.1) is 0 Å². The maximum atomic E-state index is 14.2. The SMILES string of the molecule is CCOC(=O)CCc1ccc(OCC2COc3ccc(Br)cc3O2)cc1F. The van der Waals surface area contributed by atoms with Crippen LogP contribution in [0.15, 0.2) is 40.9 Å². The van der Waals surface area contributed by atoms with Crippen molar-refractivity contribution in [1.82, 2.24) is 0 Å². The number of hydrogen-bond donors (Lipinski definition) is 0. The summed E-state index contributed by atoms with van der Waals surface area (Å²) >= 11 is 3.39. The summed E-state index contributed by atoms with van der Waals surface area (Å²) in [4.78, 5) is 11.4. The number of benzene rings is 2. The topological polar surface area (TPSA) is 54.0 Å². The van der Waals surface area contributed by atoms with Gasteiger partial charge >= 0.3 is 5.97 Å². The maximum absolute atomic E-state index is 14.2. The van der Waals surface area contributed by atoms with E-state index in [1.165, 1.54) is 6.07 Å². The quantitative estimate of drug-likeness (QED) is 0.603. The van der Waals surface area contributed by atoms with Gasteiger partial charge in [0, 0.05) is 17.0 Å². The van der Waals surface area contributed by atoms with Gasteiger partial charge in [0.05, 0.1) is 6.61 Å². The van der Waals surface area contributed by atoms with Crippen molar-refractivity contribution in [3.8, 4) is 17.2 Å². The molecule has 27 heavy (non-hydrogen) atoms. The molecule has 1 unspecified atom stereocenters. The minimum Gasteiger partial charge on any atom is -0.489 e. The zero-order chi connectivity index (χ0) is 19.2. The van der Waals surface area contributed by atoms with Gasteiger partial charge in [0.25, 0.3) is 0 Å². The summed E-state index contributed by atoms with van der Waals surface area (Å²) in [7, 11) is 0. The molecular weight excluding hydrogens is 419 g/mol. The molecule has 144 valence electrons. The maximum Gasteiger partial charge on any atom is 0.306 e. The molecule has 1 aliphatic rings. The monoisotopic (exact) mass is 438 g/mol. The fraction of sp³-hybridized carbons (Fsp3) is 0.350. The van der Waals surface area contributed by atoms with Crippen molar-refractivity contribution in [3.63, 3.8) is 0 Å². The highest BCUT2D eigenvalue weighted by atomic mass is 79.9. The molecule has 0 fully saturated rings. The van der Waals surface area contributed by atoms with E-state index >= 15 is 0 Å². The van der Waals surface area contributed by atoms with Crippen molar-refractivity contribution in [3.05, 3.63) is 52.3 Å². The second kappa shape index (κ2) is 9.08. The van der Waals surface area contributed by atoms with Crippen LogP contribution in [0.4, 0.5) is 4.39 Å². The summed E-state index contributed by atoms with van der Waals surface area (Å²) in [6.07, 6.45) is 0.141. The summed E-state index contributed by atoms with van der Waals surface area (Å²) in [5.74, 6) is 0.984. The van der Waals surface area contributed by atoms with E-state index in [0.717, 1.165) is 4.47 Å². The molecule has 0 saturated carbocycles. The van der Waals surface area contributed by atoms with Gasteiger partial charge in [0.2, 0.25) is 0 Å². The third kappa shape index (κ3) is 5.35. The Morgan fingerprint density at radius 3 is 2.89 bits per heavy atom. The molecule has 5 nitrogen and oxygen atoms in total. The first kappa shape index (κ1) is 19.5. The molecule has 1 aliphatic heterocycles. The summed E-state index contributed by atoms with van der Waals surface area (Å²) in [6.45, 7) is 2.65. The van der Waals surface area contributed by atoms with Gasteiger partial charge in [0.15, 0.2) is 17.6 Å². The van der Waals surface area contributed by atoms with Crippen LogP contribution in [0.2, 0.25) is 0 Å². The number of ether oxygens (including phenoxy) is 4. The van der Waals surface area contributed by atoms with E-state index in [4.69, 9.17) is 18.9 Å². The largest absolute Gasteiger partial charge is 0.489 e. The zero-order valence-corrected chi connectivity index (χ0v) is 16.5. The molecule has 0 amide bonds. The van der Waals surface area contributed by atoms with Crippen LogP contribution in [0.1, 0.15) is 18.9 Å². The van der Waals surface area contributed by atoms with Gasteiger partial charge in [-0.2, -0.15) is 0 Å². The molecule has 0 radical (unpaired) electrons. The predicted molar refractivity (Wildman–Crippen MR) is 101 cm³/mol. The number of hydrogen-bond acceptors (Lipinski definition) is 5. The van der Waals surface area contributed by atoms with E-state index in [-0.39, 0.29) is 31.5 Å². The highest BCUT2D eigenvalue weighted by Crippen LogP contribution is 2.34. The Labute approximate surface area is 165 Å². The lowest BCUT2D eigenvalue weighted by Crippen LogP contribution is -2.34. The van der Waals surface area contributed by atoms with Crippen LogP contribution in [-0.4, -0.2) is 31.9 Å². The number of esters is 1. The Morgan fingerprint density at radius 1 is 1.26 bits per heavy atom. The van der Waals surface area contributed by atoms with Crippen LogP contribution in [0.5, 0.6) is 17.2 Å². The van der Waals surface area contributed by atoms with Crippen molar-refractivity contribution in [2.24, 2.45) is 0 Å². The third-order valence-electron chi connectivity index (χ3n) is 3.99. The Morgan fingerprint density at radius 2 is 2.11 bits per heavy atom. The van der Waals surface area contributed by atoms with Crippen molar-refractivity contribution < 1.29 is 28.1 Å². The van der Waals surface area contributed by atoms with Crippen LogP contribution >= 0.6 is 15.9 Å². The Kier molecular flexibility index (Phi) is 6.55. The normalized spacial score (nSPS) is 15.3. The molecule has 0 aliphatic carbocycles. The Bertz CT molecular complexity index is 811. The number of carbonyl (C=O) groups is 1. The third-order valence-corrected chi connectivity index (χ3v) is 4.48. The lowest BCUT2D eigenvalue weighted by molar-refractivity contribution is -0.143. The molecular formula is C20H20BrFO5. The molecule has 0 bridgehead atoms. The van der Waals surface area contributed by atoms with Gasteiger partial charge in [-0.1, -0.05) is 22.0 Å². The van der Waals surface area contributed by atoms with Crippen molar-refractivity contribution in [1.29, 1.82) is 0 Å². The summed E-state index contributed by atoms with van der Waals surface area (Å²) < 4.78 is 37.1. The highest BCUT2D eigenvalue weighted by Gasteiger charge is 2.22. The number of carbonyl (C=O) groups excluding carboxylic acids is 1. The summed E-state index contributed by atoms with van der Waals surface area (Å²) in [5.41, 5.74) is 0.450. The van der Waals surface area contributed by atoms with Crippen LogP contribution in [0, 0.1) is 5.82 Å². The minimum atomic E-state index is -0.410. The average molecular weight is 439 g/mol. The first-order valence-corrected chi connectivity index (χ1v) is 9.50. The summed E-state index contributed by atoms with van der Waals surface area (Å²) in [6, 6.07) is 10.2. The molecule has 1 atom stereocenters. The molecule has 2 aromatic carbocycles. The van der Waals surface area contributed by atoms with E-state index in [9.17, 15) is 9.18 Å². The van der Waals surface area contributed by atoms with Crippen molar-refractivity contribution >= 4 is 21.9 Å². The van der Waals surface area contributed by atoms with Gasteiger partial charge < -0.3 is 18.9 Å². The molecule has 2 aromatic rings. The molecule has 1 heterocycles. The van der Waals surface area contributed by atoms with E-state index in [0.29, 0.717) is 36.0 Å². The minimum absolute atomic E-state index is 0.146. The lowest BCUT2D eigenvalue weighted by Gasteiger charge is -2.26. The van der Waals surface area contributed by atoms with Crippen molar-refractivity contribution in [2.75, 3.05) is 19.8 Å². The number of fused-ring (bicyclic) bond motifs is 1. The second-order valence-electron chi connectivity index (χ2n) is 6.01. The second-order valence-corrected chi connectivity index (χ2v) is 6.93. The van der Waals surface area contributed by atoms with E-state index < -0.39 is 5.82 Å². The van der Waals surface area contributed by atoms with E-state index in [1.54, 1.807) is 19.1 Å². The molecule has 0 spiro atoms. The molecule has 0 N–H and O–H groups in total. The van der Waals surface area contributed by atoms with Gasteiger partial charge in [0.1, 0.15) is 24.8 Å². The molecule has 0 aromatic heterocycles. The zero-order valence-electron chi connectivity index (χ0n) is 14.9. The standard InChI is InChI=1S/C20H20BrFO5/c1-2-24-20(23)8-4-13-3-6-15(10-17(13)22)25-11-16-12-26-18-7-5-14(21)9-19(18)27-16/h3,5-7,9-10,16H,2,4,8,11-12H2,1H3. The van der Waals surface area contributed by atoms with Crippen LogP contribution in [-0.2, 0) is 16.0 Å². The average Bonchev–Trinajstić information content (AvgIpc) is 2.65. The smallest absolute Gasteiger partial charge is 0.306 e. The van der Waals surface area contributed by atoms with Crippen LogP contribution < -0.4 is 14.2 Å². The van der Waals surface area contributed by atoms with E-state index in [1.807, 2.05) is 18.2 Å².